The average molecular weight is 496 g/mol. The molecule has 1 saturated heterocycles. The lowest BCUT2D eigenvalue weighted by Gasteiger charge is -2.27. The molecule has 0 radical (unpaired) electrons. The Bertz CT molecular complexity index is 1010. The molecule has 1 N–H and O–H groups in total. The molecule has 1 aliphatic rings. The Morgan fingerprint density at radius 3 is 3.04 bits per heavy atom. The van der Waals surface area contributed by atoms with Gasteiger partial charge in [0.05, 0.1) is 12.3 Å². The van der Waals surface area contributed by atoms with Crippen molar-refractivity contribution in [3.8, 4) is 6.07 Å². The van der Waals surface area contributed by atoms with Crippen LogP contribution in [0.15, 0.2) is 18.5 Å². The minimum absolute atomic E-state index is 0.447. The summed E-state index contributed by atoms with van der Waals surface area (Å²) in [5.41, 5.74) is 2.70. The highest BCUT2D eigenvalue weighted by molar-refractivity contribution is 14.2. The van der Waals surface area contributed by atoms with Crippen LogP contribution in [-0.2, 0) is 0 Å². The molecule has 0 bridgehead atoms. The zero-order valence-electron chi connectivity index (χ0n) is 15.0. The third kappa shape index (κ3) is 3.39. The Kier molecular flexibility index (Phi) is 5.48. The maximum absolute atomic E-state index is 10.4. The SMILES string of the molecule is C[C@@H](O)c1nc2cnc3c(ccn3SI)c2n1N1CCCC(CC#N)CC1. The van der Waals surface area contributed by atoms with Crippen LogP contribution in [0.4, 0.5) is 0 Å². The Hall–Kier alpha value is -1.51. The Morgan fingerprint density at radius 1 is 1.44 bits per heavy atom. The minimum atomic E-state index is -0.674. The molecule has 27 heavy (non-hydrogen) atoms. The number of aromatic nitrogens is 4. The average Bonchev–Trinajstić information content (AvgIpc) is 3.17. The molecular formula is C18H21IN6OS. The first-order chi connectivity index (χ1) is 13.1. The number of hydrogen-bond acceptors (Lipinski definition) is 6. The van der Waals surface area contributed by atoms with Gasteiger partial charge in [0.15, 0.2) is 11.5 Å². The van der Waals surface area contributed by atoms with E-state index >= 15 is 0 Å². The number of nitrogens with zero attached hydrogens (tertiary/aromatic N) is 6. The molecule has 0 saturated carbocycles. The summed E-state index contributed by atoms with van der Waals surface area (Å²) in [5.74, 6) is 1.09. The normalized spacial score (nSPS) is 19.3. The van der Waals surface area contributed by atoms with Gasteiger partial charge in [-0.25, -0.2) is 14.6 Å². The van der Waals surface area contributed by atoms with Gasteiger partial charge < -0.3 is 10.1 Å². The van der Waals surface area contributed by atoms with Crippen LogP contribution in [0, 0.1) is 17.2 Å². The molecule has 0 aromatic carbocycles. The van der Waals surface area contributed by atoms with Crippen molar-refractivity contribution in [1.82, 2.24) is 18.6 Å². The molecule has 2 atom stereocenters. The van der Waals surface area contributed by atoms with Crippen LogP contribution >= 0.6 is 30.3 Å². The zero-order chi connectivity index (χ0) is 19.0. The summed E-state index contributed by atoms with van der Waals surface area (Å²) >= 11 is 2.25. The Balaban J connectivity index is 1.86. The maximum Gasteiger partial charge on any atom is 0.157 e. The summed E-state index contributed by atoms with van der Waals surface area (Å²) in [6.45, 7) is 3.49. The van der Waals surface area contributed by atoms with Gasteiger partial charge in [-0.15, -0.1) is 0 Å². The number of fused-ring (bicyclic) bond motifs is 3. The number of rotatable bonds is 4. The van der Waals surface area contributed by atoms with E-state index in [1.54, 1.807) is 22.2 Å². The van der Waals surface area contributed by atoms with Gasteiger partial charge in [0.1, 0.15) is 17.1 Å². The van der Waals surface area contributed by atoms with Crippen LogP contribution in [0.1, 0.15) is 44.5 Å². The molecular weight excluding hydrogens is 475 g/mol. The van der Waals surface area contributed by atoms with Gasteiger partial charge >= 0.3 is 0 Å². The molecule has 7 nitrogen and oxygen atoms in total. The summed E-state index contributed by atoms with van der Waals surface area (Å²) in [6, 6.07) is 4.38. The molecule has 4 heterocycles. The van der Waals surface area contributed by atoms with E-state index in [4.69, 9.17) is 10.2 Å². The van der Waals surface area contributed by atoms with Crippen molar-refractivity contribution >= 4 is 52.4 Å². The fourth-order valence-corrected chi connectivity index (χ4v) is 5.20. The first-order valence-corrected chi connectivity index (χ1v) is 12.4. The molecule has 1 fully saturated rings. The summed E-state index contributed by atoms with van der Waals surface area (Å²) in [5, 5.41) is 22.7. The lowest BCUT2D eigenvalue weighted by atomic mass is 9.98. The van der Waals surface area contributed by atoms with E-state index in [9.17, 15) is 5.11 Å². The van der Waals surface area contributed by atoms with E-state index in [1.807, 2.05) is 10.2 Å². The lowest BCUT2D eigenvalue weighted by molar-refractivity contribution is 0.183. The lowest BCUT2D eigenvalue weighted by Crippen LogP contribution is -2.37. The molecule has 4 rings (SSSR count). The largest absolute Gasteiger partial charge is 0.385 e. The van der Waals surface area contributed by atoms with E-state index in [0.29, 0.717) is 18.2 Å². The molecule has 0 aliphatic carbocycles. The van der Waals surface area contributed by atoms with Crippen LogP contribution in [0.5, 0.6) is 0 Å². The first-order valence-electron chi connectivity index (χ1n) is 9.11. The summed E-state index contributed by atoms with van der Waals surface area (Å²) in [4.78, 5) is 9.28. The Morgan fingerprint density at radius 2 is 2.30 bits per heavy atom. The van der Waals surface area contributed by atoms with Crippen LogP contribution in [0.3, 0.4) is 0 Å². The smallest absolute Gasteiger partial charge is 0.157 e. The van der Waals surface area contributed by atoms with Crippen molar-refractivity contribution in [2.24, 2.45) is 5.92 Å². The molecule has 0 amide bonds. The third-order valence-electron chi connectivity index (χ3n) is 5.23. The van der Waals surface area contributed by atoms with Gasteiger partial charge in [-0.1, -0.05) is 0 Å². The number of halogens is 1. The molecule has 9 heteroatoms. The standard InChI is InChI=1S/C18H21IN6OS/c1-12(26)17-22-15-11-21-18-14(6-10-24(18)27-19)16(15)25(17)23-8-2-3-13(4-7-20)5-9-23/h6,10-13,26H,2-5,8-9H2,1H3/t12-,13?/m1/s1. The summed E-state index contributed by atoms with van der Waals surface area (Å²) < 4.78 is 4.13. The molecule has 0 spiro atoms. The monoisotopic (exact) mass is 496 g/mol. The number of pyridine rings is 1. The number of aliphatic hydroxyl groups excluding tert-OH is 1. The van der Waals surface area contributed by atoms with Gasteiger partial charge in [-0.2, -0.15) is 5.26 Å². The van der Waals surface area contributed by atoms with Crippen molar-refractivity contribution in [1.29, 1.82) is 5.26 Å². The number of imidazole rings is 1. The predicted octanol–water partition coefficient (Wildman–Crippen LogP) is 3.94. The van der Waals surface area contributed by atoms with Crippen molar-refractivity contribution in [2.75, 3.05) is 18.1 Å². The first kappa shape index (κ1) is 18.8. The van der Waals surface area contributed by atoms with Crippen molar-refractivity contribution < 1.29 is 5.11 Å². The van der Waals surface area contributed by atoms with E-state index in [0.717, 1.165) is 54.4 Å². The van der Waals surface area contributed by atoms with Gasteiger partial charge in [0.25, 0.3) is 0 Å². The predicted molar refractivity (Wildman–Crippen MR) is 116 cm³/mol. The summed E-state index contributed by atoms with van der Waals surface area (Å²) in [6.07, 6.45) is 6.82. The Labute approximate surface area is 174 Å². The highest BCUT2D eigenvalue weighted by atomic mass is 127. The zero-order valence-corrected chi connectivity index (χ0v) is 18.0. The number of aliphatic hydroxyl groups is 1. The molecule has 3 aromatic rings. The maximum atomic E-state index is 10.4. The van der Waals surface area contributed by atoms with Crippen molar-refractivity contribution in [3.05, 3.63) is 24.3 Å². The van der Waals surface area contributed by atoms with Gasteiger partial charge in [-0.05, 0) is 38.2 Å². The summed E-state index contributed by atoms with van der Waals surface area (Å²) in [7, 11) is 1.58. The second kappa shape index (κ2) is 7.85. The minimum Gasteiger partial charge on any atom is -0.385 e. The van der Waals surface area contributed by atoms with Crippen LogP contribution in [0.2, 0.25) is 0 Å². The topological polar surface area (TPSA) is 82.9 Å². The fourth-order valence-electron chi connectivity index (χ4n) is 3.92. The molecule has 142 valence electrons. The second-order valence-electron chi connectivity index (χ2n) is 7.01. The highest BCUT2D eigenvalue weighted by Crippen LogP contribution is 2.32. The van der Waals surface area contributed by atoms with Crippen LogP contribution in [-0.4, -0.2) is 36.8 Å². The van der Waals surface area contributed by atoms with E-state index in [2.05, 4.69) is 48.0 Å². The number of hydrogen-bond donors (Lipinski definition) is 1. The van der Waals surface area contributed by atoms with Gasteiger partial charge in [-0.3, -0.25) is 3.97 Å². The van der Waals surface area contributed by atoms with Crippen LogP contribution < -0.4 is 5.01 Å². The van der Waals surface area contributed by atoms with Crippen molar-refractivity contribution in [3.63, 3.8) is 0 Å². The van der Waals surface area contributed by atoms with E-state index in [1.165, 1.54) is 0 Å². The van der Waals surface area contributed by atoms with Gasteiger partial charge in [0, 0.05) is 61.4 Å². The fraction of sp³-hybridized carbons (Fsp3) is 0.500. The van der Waals surface area contributed by atoms with E-state index < -0.39 is 6.10 Å². The van der Waals surface area contributed by atoms with Crippen LogP contribution in [0.25, 0.3) is 22.1 Å². The number of nitriles is 1. The third-order valence-corrected chi connectivity index (χ3v) is 6.95. The van der Waals surface area contributed by atoms with Gasteiger partial charge in [0.2, 0.25) is 0 Å². The molecule has 1 unspecified atom stereocenters. The molecule has 3 aromatic heterocycles. The van der Waals surface area contributed by atoms with E-state index in [-0.39, 0.29) is 0 Å². The van der Waals surface area contributed by atoms with Crippen molar-refractivity contribution in [2.45, 2.75) is 38.7 Å². The highest BCUT2D eigenvalue weighted by Gasteiger charge is 2.25. The quantitative estimate of drug-likeness (QED) is 0.552. The molecule has 1 aliphatic heterocycles. The second-order valence-corrected chi connectivity index (χ2v) is 8.72.